The normalized spacial score (nSPS) is 10.6. The Labute approximate surface area is 190 Å². The highest BCUT2D eigenvalue weighted by molar-refractivity contribution is 5.95. The molecule has 0 atom stereocenters. The molecule has 0 aliphatic carbocycles. The Morgan fingerprint density at radius 3 is 2.52 bits per heavy atom. The molecular formula is C24H22N4O5. The van der Waals surface area contributed by atoms with Crippen LogP contribution >= 0.6 is 0 Å². The van der Waals surface area contributed by atoms with E-state index in [2.05, 4.69) is 15.8 Å². The number of benzene rings is 3. The van der Waals surface area contributed by atoms with Crippen LogP contribution in [0.1, 0.15) is 27.0 Å². The lowest BCUT2D eigenvalue weighted by atomic mass is 10.1. The second-order valence-electron chi connectivity index (χ2n) is 7.16. The molecule has 3 aromatic rings. The lowest BCUT2D eigenvalue weighted by Gasteiger charge is -2.11. The first-order valence-electron chi connectivity index (χ1n) is 10.0. The minimum Gasteiger partial charge on any atom is -0.484 e. The first-order valence-corrected chi connectivity index (χ1v) is 10.0. The van der Waals surface area contributed by atoms with E-state index in [0.717, 1.165) is 16.8 Å². The summed E-state index contributed by atoms with van der Waals surface area (Å²) in [5.41, 5.74) is 5.81. The van der Waals surface area contributed by atoms with Crippen LogP contribution in [0.4, 0.5) is 11.4 Å². The number of nitro groups is 1. The van der Waals surface area contributed by atoms with E-state index in [1.54, 1.807) is 24.3 Å². The topological polar surface area (TPSA) is 123 Å². The van der Waals surface area contributed by atoms with Gasteiger partial charge in [0.15, 0.2) is 6.61 Å². The highest BCUT2D eigenvalue weighted by Gasteiger charge is 2.11. The number of rotatable bonds is 8. The van der Waals surface area contributed by atoms with E-state index < -0.39 is 10.8 Å². The third-order valence-corrected chi connectivity index (χ3v) is 4.83. The molecule has 168 valence electrons. The average Bonchev–Trinajstić information content (AvgIpc) is 2.81. The minimum atomic E-state index is -0.572. The smallest absolute Gasteiger partial charge is 0.271 e. The van der Waals surface area contributed by atoms with E-state index in [1.165, 1.54) is 30.5 Å². The maximum Gasteiger partial charge on any atom is 0.271 e. The van der Waals surface area contributed by atoms with Gasteiger partial charge in [0.25, 0.3) is 17.5 Å². The summed E-state index contributed by atoms with van der Waals surface area (Å²) in [4.78, 5) is 34.5. The van der Waals surface area contributed by atoms with Crippen molar-refractivity contribution in [2.45, 2.75) is 13.8 Å². The number of nitro benzene ring substituents is 1. The standard InChI is InChI=1S/C24H22N4O5/c1-16-5-3-8-22(17(16)2)26-23(29)15-33-21-11-9-18(10-12-21)14-25-27-24(30)19-6-4-7-20(13-19)28(31)32/h3-14H,15H2,1-2H3,(H,26,29)(H,27,30)/b25-14+. The lowest BCUT2D eigenvalue weighted by molar-refractivity contribution is -0.384. The Balaban J connectivity index is 1.49. The van der Waals surface area contributed by atoms with Gasteiger partial charge in [0.05, 0.1) is 11.1 Å². The van der Waals surface area contributed by atoms with Crippen molar-refractivity contribution >= 4 is 29.4 Å². The third-order valence-electron chi connectivity index (χ3n) is 4.83. The van der Waals surface area contributed by atoms with Crippen LogP contribution in [0.2, 0.25) is 0 Å². The SMILES string of the molecule is Cc1cccc(NC(=O)COc2ccc(/C=N/NC(=O)c3cccc([N+](=O)[O-])c3)cc2)c1C. The molecule has 0 aromatic heterocycles. The van der Waals surface area contributed by atoms with Crippen molar-refractivity contribution in [3.05, 3.63) is 99.1 Å². The van der Waals surface area contributed by atoms with E-state index in [-0.39, 0.29) is 23.8 Å². The summed E-state index contributed by atoms with van der Waals surface area (Å²) in [6, 6.07) is 17.8. The molecule has 0 bridgehead atoms. The average molecular weight is 446 g/mol. The van der Waals surface area contributed by atoms with Crippen LogP contribution in [0.3, 0.4) is 0 Å². The molecule has 9 heteroatoms. The predicted octanol–water partition coefficient (Wildman–Crippen LogP) is 3.99. The Morgan fingerprint density at radius 2 is 1.79 bits per heavy atom. The minimum absolute atomic E-state index is 0.129. The largest absolute Gasteiger partial charge is 0.484 e. The summed E-state index contributed by atoms with van der Waals surface area (Å²) < 4.78 is 5.51. The Morgan fingerprint density at radius 1 is 1.06 bits per heavy atom. The zero-order valence-corrected chi connectivity index (χ0v) is 18.1. The third kappa shape index (κ3) is 6.47. The second kappa shape index (κ2) is 10.7. The number of hydrazone groups is 1. The molecule has 3 rings (SSSR count). The molecule has 3 aromatic carbocycles. The van der Waals surface area contributed by atoms with Crippen molar-refractivity contribution in [3.63, 3.8) is 0 Å². The van der Waals surface area contributed by atoms with Gasteiger partial charge in [-0.1, -0.05) is 18.2 Å². The van der Waals surface area contributed by atoms with Gasteiger partial charge in [-0.25, -0.2) is 5.43 Å². The number of hydrogen-bond donors (Lipinski definition) is 2. The molecule has 0 saturated heterocycles. The molecule has 33 heavy (non-hydrogen) atoms. The van der Waals surface area contributed by atoms with Crippen molar-refractivity contribution in [3.8, 4) is 5.75 Å². The molecule has 0 aliphatic heterocycles. The van der Waals surface area contributed by atoms with Gasteiger partial charge in [0.2, 0.25) is 0 Å². The van der Waals surface area contributed by atoms with E-state index in [9.17, 15) is 19.7 Å². The van der Waals surface area contributed by atoms with Crippen molar-refractivity contribution in [1.82, 2.24) is 5.43 Å². The number of non-ortho nitro benzene ring substituents is 1. The van der Waals surface area contributed by atoms with Crippen molar-refractivity contribution in [2.75, 3.05) is 11.9 Å². The van der Waals surface area contributed by atoms with Crippen molar-refractivity contribution in [1.29, 1.82) is 0 Å². The summed E-state index contributed by atoms with van der Waals surface area (Å²) in [7, 11) is 0. The molecule has 0 spiro atoms. The predicted molar refractivity (Wildman–Crippen MR) is 125 cm³/mol. The van der Waals surface area contributed by atoms with E-state index in [1.807, 2.05) is 32.0 Å². The fourth-order valence-corrected chi connectivity index (χ4v) is 2.86. The number of nitrogens with one attached hydrogen (secondary N) is 2. The van der Waals surface area contributed by atoms with Crippen LogP contribution in [0, 0.1) is 24.0 Å². The molecule has 9 nitrogen and oxygen atoms in total. The summed E-state index contributed by atoms with van der Waals surface area (Å²) in [6.45, 7) is 3.78. The van der Waals surface area contributed by atoms with Crippen molar-refractivity contribution < 1.29 is 19.2 Å². The zero-order chi connectivity index (χ0) is 23.8. The molecule has 2 N–H and O–H groups in total. The zero-order valence-electron chi connectivity index (χ0n) is 18.1. The van der Waals surface area contributed by atoms with E-state index >= 15 is 0 Å². The molecule has 0 aliphatic rings. The van der Waals surface area contributed by atoms with Crippen LogP contribution in [0.15, 0.2) is 71.8 Å². The summed E-state index contributed by atoms with van der Waals surface area (Å²) in [5, 5.41) is 17.5. The van der Waals surface area contributed by atoms with Gasteiger partial charge in [-0.15, -0.1) is 0 Å². The van der Waals surface area contributed by atoms with Crippen LogP contribution in [-0.2, 0) is 4.79 Å². The highest BCUT2D eigenvalue weighted by Crippen LogP contribution is 2.18. The van der Waals surface area contributed by atoms with Gasteiger partial charge in [0.1, 0.15) is 5.75 Å². The summed E-state index contributed by atoms with van der Waals surface area (Å²) in [5.74, 6) is -0.327. The van der Waals surface area contributed by atoms with Crippen LogP contribution < -0.4 is 15.5 Å². The molecule has 0 fully saturated rings. The number of carbonyl (C=O) groups excluding carboxylic acids is 2. The molecule has 0 unspecified atom stereocenters. The Hall–Kier alpha value is -4.53. The van der Waals surface area contributed by atoms with Gasteiger partial charge < -0.3 is 10.1 Å². The maximum absolute atomic E-state index is 12.2. The molecule has 2 amide bonds. The summed E-state index contributed by atoms with van der Waals surface area (Å²) in [6.07, 6.45) is 1.42. The fourth-order valence-electron chi connectivity index (χ4n) is 2.86. The number of carbonyl (C=O) groups is 2. The molecule has 0 heterocycles. The quantitative estimate of drug-likeness (QED) is 0.308. The number of hydrogen-bond acceptors (Lipinski definition) is 6. The van der Waals surface area contributed by atoms with E-state index in [4.69, 9.17) is 4.74 Å². The van der Waals surface area contributed by atoms with Crippen LogP contribution in [0.5, 0.6) is 5.75 Å². The summed E-state index contributed by atoms with van der Waals surface area (Å²) >= 11 is 0. The van der Waals surface area contributed by atoms with Gasteiger partial charge >= 0.3 is 0 Å². The van der Waals surface area contributed by atoms with Gasteiger partial charge in [-0.05, 0) is 66.9 Å². The van der Waals surface area contributed by atoms with Crippen molar-refractivity contribution in [2.24, 2.45) is 5.10 Å². The fraction of sp³-hybridized carbons (Fsp3) is 0.125. The number of anilines is 1. The van der Waals surface area contributed by atoms with E-state index in [0.29, 0.717) is 11.3 Å². The number of aryl methyl sites for hydroxylation is 1. The van der Waals surface area contributed by atoms with Gasteiger partial charge in [-0.3, -0.25) is 19.7 Å². The Kier molecular flexibility index (Phi) is 7.48. The number of ether oxygens (including phenoxy) is 1. The Bertz CT molecular complexity index is 1210. The molecular weight excluding hydrogens is 424 g/mol. The highest BCUT2D eigenvalue weighted by atomic mass is 16.6. The van der Waals surface area contributed by atoms with Crippen LogP contribution in [0.25, 0.3) is 0 Å². The lowest BCUT2D eigenvalue weighted by Crippen LogP contribution is -2.20. The van der Waals surface area contributed by atoms with Crippen LogP contribution in [-0.4, -0.2) is 29.6 Å². The monoisotopic (exact) mass is 446 g/mol. The first kappa shape index (κ1) is 23.1. The molecule has 0 radical (unpaired) electrons. The van der Waals surface area contributed by atoms with Gasteiger partial charge in [-0.2, -0.15) is 5.10 Å². The number of amides is 2. The maximum atomic E-state index is 12.2. The first-order chi connectivity index (χ1) is 15.8. The second-order valence-corrected chi connectivity index (χ2v) is 7.16. The number of nitrogens with zero attached hydrogens (tertiary/aromatic N) is 2. The molecule has 0 saturated carbocycles. The van der Waals surface area contributed by atoms with Gasteiger partial charge in [0, 0.05) is 23.4 Å².